The van der Waals surface area contributed by atoms with Gasteiger partial charge in [0.05, 0.1) is 0 Å². The highest BCUT2D eigenvalue weighted by Crippen LogP contribution is 2.30. The van der Waals surface area contributed by atoms with Crippen molar-refractivity contribution in [2.75, 3.05) is 20.1 Å². The second-order valence-corrected chi connectivity index (χ2v) is 4.18. The normalized spacial score (nSPS) is 32.2. The molecule has 2 nitrogen and oxygen atoms in total. The Bertz CT molecular complexity index is 143. The standard InChI is InChI=1S/C10H20N2/c1-11-8-10-6-3-7-12(10)9-4-2-5-9/h9-11H,2-8H2,1H3. The zero-order valence-electron chi connectivity index (χ0n) is 8.05. The molecule has 1 saturated heterocycles. The monoisotopic (exact) mass is 168 g/mol. The molecule has 0 spiro atoms. The Hall–Kier alpha value is -0.0800. The third kappa shape index (κ3) is 1.50. The molecule has 2 aliphatic rings. The van der Waals surface area contributed by atoms with Crippen LogP contribution in [0.4, 0.5) is 0 Å². The minimum atomic E-state index is 0.847. The van der Waals surface area contributed by atoms with Gasteiger partial charge in [0.2, 0.25) is 0 Å². The van der Waals surface area contributed by atoms with Gasteiger partial charge in [-0.2, -0.15) is 0 Å². The van der Waals surface area contributed by atoms with Gasteiger partial charge < -0.3 is 5.32 Å². The number of hydrogen-bond acceptors (Lipinski definition) is 2. The molecule has 1 heterocycles. The summed E-state index contributed by atoms with van der Waals surface area (Å²) in [6.07, 6.45) is 7.22. The number of nitrogens with one attached hydrogen (secondary N) is 1. The highest BCUT2D eigenvalue weighted by Gasteiger charge is 2.32. The second-order valence-electron chi connectivity index (χ2n) is 4.18. The summed E-state index contributed by atoms with van der Waals surface area (Å²) >= 11 is 0. The van der Waals surface area contributed by atoms with Crippen molar-refractivity contribution in [3.63, 3.8) is 0 Å². The summed E-state index contributed by atoms with van der Waals surface area (Å²) in [7, 11) is 2.07. The Morgan fingerprint density at radius 3 is 2.67 bits per heavy atom. The van der Waals surface area contributed by atoms with Gasteiger partial charge in [0.15, 0.2) is 0 Å². The molecule has 0 aromatic carbocycles. The molecule has 1 N–H and O–H groups in total. The summed E-state index contributed by atoms with van der Waals surface area (Å²) < 4.78 is 0. The highest BCUT2D eigenvalue weighted by molar-refractivity contribution is 4.89. The molecule has 0 aromatic heterocycles. The van der Waals surface area contributed by atoms with E-state index in [-0.39, 0.29) is 0 Å². The fraction of sp³-hybridized carbons (Fsp3) is 1.00. The van der Waals surface area contributed by atoms with Gasteiger partial charge in [-0.05, 0) is 39.3 Å². The lowest BCUT2D eigenvalue weighted by molar-refractivity contribution is 0.114. The van der Waals surface area contributed by atoms with E-state index in [1.807, 2.05) is 0 Å². The fourth-order valence-electron chi connectivity index (χ4n) is 2.51. The zero-order valence-corrected chi connectivity index (χ0v) is 8.05. The van der Waals surface area contributed by atoms with Crippen molar-refractivity contribution in [3.8, 4) is 0 Å². The Morgan fingerprint density at radius 1 is 1.25 bits per heavy atom. The third-order valence-corrected chi connectivity index (χ3v) is 3.41. The Morgan fingerprint density at radius 2 is 2.08 bits per heavy atom. The van der Waals surface area contributed by atoms with Crippen LogP contribution in [0.3, 0.4) is 0 Å². The van der Waals surface area contributed by atoms with Crippen LogP contribution in [-0.2, 0) is 0 Å². The van der Waals surface area contributed by atoms with Gasteiger partial charge >= 0.3 is 0 Å². The molecule has 2 fully saturated rings. The number of likely N-dealkylation sites (N-methyl/N-ethyl adjacent to an activating group) is 1. The molecule has 0 amide bonds. The molecule has 1 aliphatic heterocycles. The van der Waals surface area contributed by atoms with Crippen LogP contribution < -0.4 is 5.32 Å². The van der Waals surface area contributed by atoms with E-state index in [1.165, 1.54) is 45.2 Å². The first-order valence-corrected chi connectivity index (χ1v) is 5.32. The van der Waals surface area contributed by atoms with Crippen molar-refractivity contribution in [2.24, 2.45) is 0 Å². The van der Waals surface area contributed by atoms with E-state index >= 15 is 0 Å². The van der Waals surface area contributed by atoms with Crippen LogP contribution in [0.25, 0.3) is 0 Å². The number of hydrogen-bond donors (Lipinski definition) is 1. The van der Waals surface area contributed by atoms with Crippen LogP contribution in [0.2, 0.25) is 0 Å². The Labute approximate surface area is 75.3 Å². The maximum Gasteiger partial charge on any atom is 0.0223 e. The first-order valence-electron chi connectivity index (χ1n) is 5.32. The van der Waals surface area contributed by atoms with Gasteiger partial charge in [0.25, 0.3) is 0 Å². The van der Waals surface area contributed by atoms with Crippen molar-refractivity contribution in [2.45, 2.75) is 44.2 Å². The predicted molar refractivity (Wildman–Crippen MR) is 51.3 cm³/mol. The van der Waals surface area contributed by atoms with Gasteiger partial charge in [-0.1, -0.05) is 6.42 Å². The molecule has 1 unspecified atom stereocenters. The van der Waals surface area contributed by atoms with Crippen LogP contribution in [0.5, 0.6) is 0 Å². The summed E-state index contributed by atoms with van der Waals surface area (Å²) in [6.45, 7) is 2.55. The molecule has 1 aliphatic carbocycles. The predicted octanol–water partition coefficient (Wildman–Crippen LogP) is 1.22. The van der Waals surface area contributed by atoms with Crippen LogP contribution >= 0.6 is 0 Å². The molecule has 1 atom stereocenters. The number of nitrogens with zero attached hydrogens (tertiary/aromatic N) is 1. The Kier molecular flexibility index (Phi) is 2.66. The highest BCUT2D eigenvalue weighted by atomic mass is 15.2. The second kappa shape index (κ2) is 3.75. The zero-order chi connectivity index (χ0) is 8.39. The minimum Gasteiger partial charge on any atom is -0.318 e. The third-order valence-electron chi connectivity index (χ3n) is 3.41. The van der Waals surface area contributed by atoms with Crippen LogP contribution in [0.15, 0.2) is 0 Å². The minimum absolute atomic E-state index is 0.847. The van der Waals surface area contributed by atoms with Crippen molar-refractivity contribution >= 4 is 0 Å². The molecule has 2 rings (SSSR count). The van der Waals surface area contributed by atoms with E-state index in [1.54, 1.807) is 0 Å². The van der Waals surface area contributed by atoms with E-state index in [4.69, 9.17) is 0 Å². The molecule has 0 aromatic rings. The average Bonchev–Trinajstić information content (AvgIpc) is 2.35. The summed E-state index contributed by atoms with van der Waals surface area (Å²) in [6, 6.07) is 1.80. The lowest BCUT2D eigenvalue weighted by Gasteiger charge is -2.38. The first kappa shape index (κ1) is 8.52. The van der Waals surface area contributed by atoms with Crippen molar-refractivity contribution < 1.29 is 0 Å². The van der Waals surface area contributed by atoms with Crippen molar-refractivity contribution in [3.05, 3.63) is 0 Å². The van der Waals surface area contributed by atoms with Gasteiger partial charge in [0, 0.05) is 18.6 Å². The molecule has 2 heteroatoms. The summed E-state index contributed by atoms with van der Waals surface area (Å²) in [5, 5.41) is 3.30. The Balaban J connectivity index is 1.85. The van der Waals surface area contributed by atoms with Crippen LogP contribution in [0, 0.1) is 0 Å². The van der Waals surface area contributed by atoms with E-state index in [9.17, 15) is 0 Å². The molecule has 1 saturated carbocycles. The van der Waals surface area contributed by atoms with Crippen molar-refractivity contribution in [1.82, 2.24) is 10.2 Å². The van der Waals surface area contributed by atoms with E-state index < -0.39 is 0 Å². The number of likely N-dealkylation sites (tertiary alicyclic amines) is 1. The smallest absolute Gasteiger partial charge is 0.0223 e. The molecule has 70 valence electrons. The van der Waals surface area contributed by atoms with E-state index in [0.717, 1.165) is 12.1 Å². The first-order chi connectivity index (χ1) is 5.92. The van der Waals surface area contributed by atoms with Gasteiger partial charge in [-0.15, -0.1) is 0 Å². The molecule has 0 radical (unpaired) electrons. The van der Waals surface area contributed by atoms with E-state index in [0.29, 0.717) is 0 Å². The molecular formula is C10H20N2. The largest absolute Gasteiger partial charge is 0.318 e. The van der Waals surface area contributed by atoms with E-state index in [2.05, 4.69) is 17.3 Å². The maximum absolute atomic E-state index is 3.30. The molecule has 0 bridgehead atoms. The lowest BCUT2D eigenvalue weighted by Crippen LogP contribution is -2.46. The lowest BCUT2D eigenvalue weighted by atomic mass is 9.91. The average molecular weight is 168 g/mol. The molecule has 12 heavy (non-hydrogen) atoms. The fourth-order valence-corrected chi connectivity index (χ4v) is 2.51. The van der Waals surface area contributed by atoms with Crippen molar-refractivity contribution in [1.29, 1.82) is 0 Å². The van der Waals surface area contributed by atoms with Gasteiger partial charge in [0.1, 0.15) is 0 Å². The summed E-state index contributed by atoms with van der Waals surface area (Å²) in [4.78, 5) is 2.74. The topological polar surface area (TPSA) is 15.3 Å². The van der Waals surface area contributed by atoms with Gasteiger partial charge in [-0.3, -0.25) is 4.90 Å². The SMILES string of the molecule is CNCC1CCCN1C1CCC1. The summed E-state index contributed by atoms with van der Waals surface area (Å²) in [5.74, 6) is 0. The quantitative estimate of drug-likeness (QED) is 0.681. The van der Waals surface area contributed by atoms with Gasteiger partial charge in [-0.25, -0.2) is 0 Å². The number of rotatable bonds is 3. The maximum atomic E-state index is 3.30. The van der Waals surface area contributed by atoms with Crippen LogP contribution in [-0.4, -0.2) is 37.1 Å². The summed E-state index contributed by atoms with van der Waals surface area (Å²) in [5.41, 5.74) is 0. The van der Waals surface area contributed by atoms with Crippen LogP contribution in [0.1, 0.15) is 32.1 Å². The molecular weight excluding hydrogens is 148 g/mol.